The van der Waals surface area contributed by atoms with Gasteiger partial charge in [0.05, 0.1) is 6.61 Å². The third kappa shape index (κ3) is 4.81. The standard InChI is InChI=1S/C5H12OS2/c1-2-6-3-5(8)4-7/h5,7-8H,2-4H2,1H3. The fourth-order valence-corrected chi connectivity index (χ4v) is 0.517. The summed E-state index contributed by atoms with van der Waals surface area (Å²) in [7, 11) is 0. The molecule has 3 heteroatoms. The minimum atomic E-state index is 0.290. The van der Waals surface area contributed by atoms with Crippen LogP contribution >= 0.6 is 25.3 Å². The number of rotatable bonds is 4. The van der Waals surface area contributed by atoms with Gasteiger partial charge in [0.2, 0.25) is 0 Å². The fourth-order valence-electron chi connectivity index (χ4n) is 0.307. The summed E-state index contributed by atoms with van der Waals surface area (Å²) in [6.45, 7) is 3.45. The van der Waals surface area contributed by atoms with Crippen LogP contribution in [-0.4, -0.2) is 24.2 Å². The quantitative estimate of drug-likeness (QED) is 0.577. The highest BCUT2D eigenvalue weighted by Gasteiger charge is 1.96. The lowest BCUT2D eigenvalue weighted by Crippen LogP contribution is -2.10. The van der Waals surface area contributed by atoms with Gasteiger partial charge in [-0.15, -0.1) is 0 Å². The van der Waals surface area contributed by atoms with Crippen LogP contribution in [0.1, 0.15) is 6.92 Å². The van der Waals surface area contributed by atoms with E-state index >= 15 is 0 Å². The van der Waals surface area contributed by atoms with Gasteiger partial charge in [0, 0.05) is 17.6 Å². The average Bonchev–Trinajstić information content (AvgIpc) is 1.83. The van der Waals surface area contributed by atoms with E-state index in [1.807, 2.05) is 6.92 Å². The Balaban J connectivity index is 2.86. The van der Waals surface area contributed by atoms with Crippen molar-refractivity contribution in [2.75, 3.05) is 19.0 Å². The molecular formula is C5H12OS2. The molecule has 0 aliphatic carbocycles. The summed E-state index contributed by atoms with van der Waals surface area (Å²) in [6.07, 6.45) is 0. The molecule has 0 aliphatic rings. The molecule has 0 aromatic carbocycles. The summed E-state index contributed by atoms with van der Waals surface area (Å²) in [4.78, 5) is 0. The van der Waals surface area contributed by atoms with Crippen LogP contribution in [0.2, 0.25) is 0 Å². The van der Waals surface area contributed by atoms with E-state index in [-0.39, 0.29) is 0 Å². The van der Waals surface area contributed by atoms with Crippen molar-refractivity contribution in [2.24, 2.45) is 0 Å². The third-order valence-corrected chi connectivity index (χ3v) is 1.79. The van der Waals surface area contributed by atoms with Crippen molar-refractivity contribution in [1.29, 1.82) is 0 Å². The van der Waals surface area contributed by atoms with Gasteiger partial charge >= 0.3 is 0 Å². The first kappa shape index (κ1) is 8.66. The Labute approximate surface area is 61.6 Å². The predicted octanol–water partition coefficient (Wildman–Crippen LogP) is 1.25. The largest absolute Gasteiger partial charge is 0.381 e. The molecule has 0 aliphatic heterocycles. The molecule has 0 amide bonds. The van der Waals surface area contributed by atoms with E-state index in [0.29, 0.717) is 11.9 Å². The van der Waals surface area contributed by atoms with Crippen molar-refractivity contribution in [2.45, 2.75) is 12.2 Å². The number of ether oxygens (including phenoxy) is 1. The van der Waals surface area contributed by atoms with Crippen molar-refractivity contribution in [3.05, 3.63) is 0 Å². The Morgan fingerprint density at radius 2 is 2.25 bits per heavy atom. The molecule has 50 valence electrons. The highest BCUT2D eigenvalue weighted by Crippen LogP contribution is 1.96. The zero-order chi connectivity index (χ0) is 6.41. The first-order chi connectivity index (χ1) is 3.81. The molecule has 0 spiro atoms. The van der Waals surface area contributed by atoms with Crippen molar-refractivity contribution in [3.8, 4) is 0 Å². The minimum Gasteiger partial charge on any atom is -0.381 e. The Bertz CT molecular complexity index is 49.7. The molecule has 0 saturated carbocycles. The predicted molar refractivity (Wildman–Crippen MR) is 43.1 cm³/mol. The van der Waals surface area contributed by atoms with E-state index in [2.05, 4.69) is 25.3 Å². The van der Waals surface area contributed by atoms with Crippen molar-refractivity contribution >= 4 is 25.3 Å². The highest BCUT2D eigenvalue weighted by molar-refractivity contribution is 7.84. The second-order valence-electron chi connectivity index (χ2n) is 1.50. The van der Waals surface area contributed by atoms with Crippen molar-refractivity contribution in [3.63, 3.8) is 0 Å². The van der Waals surface area contributed by atoms with Gasteiger partial charge in [0.15, 0.2) is 0 Å². The minimum absolute atomic E-state index is 0.290. The van der Waals surface area contributed by atoms with Gasteiger partial charge in [0.25, 0.3) is 0 Å². The lowest BCUT2D eigenvalue weighted by Gasteiger charge is -2.04. The monoisotopic (exact) mass is 152 g/mol. The van der Waals surface area contributed by atoms with Crippen LogP contribution in [0.5, 0.6) is 0 Å². The summed E-state index contributed by atoms with van der Waals surface area (Å²) in [5.41, 5.74) is 0. The van der Waals surface area contributed by atoms with Gasteiger partial charge in [-0.2, -0.15) is 25.3 Å². The normalized spacial score (nSPS) is 13.9. The van der Waals surface area contributed by atoms with E-state index in [1.165, 1.54) is 0 Å². The SMILES string of the molecule is CCOCC(S)CS. The van der Waals surface area contributed by atoms with Gasteiger partial charge in [-0.1, -0.05) is 0 Å². The molecule has 0 N–H and O–H groups in total. The molecule has 0 aromatic heterocycles. The smallest absolute Gasteiger partial charge is 0.0590 e. The van der Waals surface area contributed by atoms with E-state index < -0.39 is 0 Å². The first-order valence-corrected chi connectivity index (χ1v) is 3.82. The Kier molecular flexibility index (Phi) is 6.27. The number of thiol groups is 2. The molecule has 0 radical (unpaired) electrons. The van der Waals surface area contributed by atoms with Gasteiger partial charge in [-0.25, -0.2) is 0 Å². The molecule has 8 heavy (non-hydrogen) atoms. The highest BCUT2D eigenvalue weighted by atomic mass is 32.1. The molecule has 0 saturated heterocycles. The van der Waals surface area contributed by atoms with E-state index in [4.69, 9.17) is 4.74 Å². The summed E-state index contributed by atoms with van der Waals surface area (Å²) < 4.78 is 5.06. The summed E-state index contributed by atoms with van der Waals surface area (Å²) in [6, 6.07) is 0. The van der Waals surface area contributed by atoms with Crippen LogP contribution in [-0.2, 0) is 4.74 Å². The molecular weight excluding hydrogens is 140 g/mol. The maximum absolute atomic E-state index is 5.06. The lowest BCUT2D eigenvalue weighted by molar-refractivity contribution is 0.152. The second kappa shape index (κ2) is 5.79. The summed E-state index contributed by atoms with van der Waals surface area (Å²) in [5.74, 6) is 0.781. The van der Waals surface area contributed by atoms with Crippen LogP contribution < -0.4 is 0 Å². The molecule has 0 rings (SSSR count). The number of hydrogen-bond acceptors (Lipinski definition) is 3. The van der Waals surface area contributed by atoms with Crippen molar-refractivity contribution in [1.82, 2.24) is 0 Å². The molecule has 1 nitrogen and oxygen atoms in total. The fraction of sp³-hybridized carbons (Fsp3) is 1.00. The molecule has 0 fully saturated rings. The topological polar surface area (TPSA) is 9.23 Å². The molecule has 0 bridgehead atoms. The lowest BCUT2D eigenvalue weighted by atomic mass is 10.5. The molecule has 0 aromatic rings. The van der Waals surface area contributed by atoms with Crippen LogP contribution in [0.15, 0.2) is 0 Å². The molecule has 0 heterocycles. The maximum atomic E-state index is 5.06. The Hall–Kier alpha value is 0.660. The summed E-state index contributed by atoms with van der Waals surface area (Å²) in [5, 5.41) is 0.290. The van der Waals surface area contributed by atoms with Gasteiger partial charge in [0.1, 0.15) is 0 Å². The maximum Gasteiger partial charge on any atom is 0.0590 e. The second-order valence-corrected chi connectivity index (χ2v) is 2.59. The van der Waals surface area contributed by atoms with Gasteiger partial charge < -0.3 is 4.74 Å². The first-order valence-electron chi connectivity index (χ1n) is 2.68. The average molecular weight is 152 g/mol. The van der Waals surface area contributed by atoms with Crippen LogP contribution in [0.3, 0.4) is 0 Å². The van der Waals surface area contributed by atoms with E-state index in [0.717, 1.165) is 12.4 Å². The van der Waals surface area contributed by atoms with Crippen LogP contribution in [0.4, 0.5) is 0 Å². The molecule has 1 unspecified atom stereocenters. The summed E-state index contributed by atoms with van der Waals surface area (Å²) >= 11 is 8.19. The third-order valence-electron chi connectivity index (χ3n) is 0.725. The van der Waals surface area contributed by atoms with Gasteiger partial charge in [-0.3, -0.25) is 0 Å². The zero-order valence-corrected chi connectivity index (χ0v) is 6.79. The van der Waals surface area contributed by atoms with Crippen molar-refractivity contribution < 1.29 is 4.74 Å². The van der Waals surface area contributed by atoms with E-state index in [9.17, 15) is 0 Å². The van der Waals surface area contributed by atoms with E-state index in [1.54, 1.807) is 0 Å². The number of hydrogen-bond donors (Lipinski definition) is 2. The Morgan fingerprint density at radius 3 is 2.62 bits per heavy atom. The zero-order valence-electron chi connectivity index (χ0n) is 5.00. The van der Waals surface area contributed by atoms with Gasteiger partial charge in [-0.05, 0) is 6.92 Å². The van der Waals surface area contributed by atoms with Crippen LogP contribution in [0.25, 0.3) is 0 Å². The van der Waals surface area contributed by atoms with Crippen LogP contribution in [0, 0.1) is 0 Å². The molecule has 1 atom stereocenters. The Morgan fingerprint density at radius 1 is 1.62 bits per heavy atom.